The van der Waals surface area contributed by atoms with E-state index in [0.717, 1.165) is 25.0 Å². The maximum Gasteiger partial charge on any atom is 0.0516 e. The summed E-state index contributed by atoms with van der Waals surface area (Å²) in [6, 6.07) is 0. The highest BCUT2D eigenvalue weighted by Crippen LogP contribution is 2.22. The van der Waals surface area contributed by atoms with Gasteiger partial charge in [-0.3, -0.25) is 0 Å². The molecular weight excluding hydrogens is 160 g/mol. The predicted octanol–water partition coefficient (Wildman–Crippen LogP) is 3.63. The summed E-state index contributed by atoms with van der Waals surface area (Å²) in [6.45, 7) is 6.68. The minimum Gasteiger partial charge on any atom is -0.381 e. The van der Waals surface area contributed by atoms with Gasteiger partial charge in [-0.2, -0.15) is 0 Å². The second kappa shape index (κ2) is 6.42. The minimum atomic E-state index is 0.902. The van der Waals surface area contributed by atoms with Crippen LogP contribution < -0.4 is 0 Å². The SMILES string of the molecule is CCCC(CC)CCCC1COC1. The molecule has 1 unspecified atom stereocenters. The van der Waals surface area contributed by atoms with Crippen molar-refractivity contribution >= 4 is 0 Å². The molecule has 1 nitrogen and oxygen atoms in total. The van der Waals surface area contributed by atoms with Gasteiger partial charge >= 0.3 is 0 Å². The monoisotopic (exact) mass is 184 g/mol. The number of hydrogen-bond donors (Lipinski definition) is 0. The standard InChI is InChI=1S/C12H24O/c1-3-6-11(4-2)7-5-8-12-9-13-10-12/h11-12H,3-10H2,1-2H3. The van der Waals surface area contributed by atoms with Gasteiger partial charge < -0.3 is 4.74 Å². The Balaban J connectivity index is 1.94. The molecule has 1 aliphatic rings. The largest absolute Gasteiger partial charge is 0.381 e. The Labute approximate surface area is 82.9 Å². The van der Waals surface area contributed by atoms with Crippen molar-refractivity contribution in [1.29, 1.82) is 0 Å². The quantitative estimate of drug-likeness (QED) is 0.587. The Bertz CT molecular complexity index is 118. The predicted molar refractivity (Wildman–Crippen MR) is 56.8 cm³/mol. The zero-order valence-electron chi connectivity index (χ0n) is 9.22. The first-order valence-corrected chi connectivity index (χ1v) is 5.94. The highest BCUT2D eigenvalue weighted by atomic mass is 16.5. The molecule has 78 valence electrons. The van der Waals surface area contributed by atoms with Gasteiger partial charge in [0.25, 0.3) is 0 Å². The molecule has 0 aromatic rings. The molecule has 0 aliphatic carbocycles. The lowest BCUT2D eigenvalue weighted by Crippen LogP contribution is -2.27. The van der Waals surface area contributed by atoms with Gasteiger partial charge in [-0.05, 0) is 12.3 Å². The van der Waals surface area contributed by atoms with Crippen molar-refractivity contribution in [3.63, 3.8) is 0 Å². The van der Waals surface area contributed by atoms with E-state index in [0.29, 0.717) is 0 Å². The van der Waals surface area contributed by atoms with Crippen LogP contribution in [0.3, 0.4) is 0 Å². The molecule has 0 N–H and O–H groups in total. The average molecular weight is 184 g/mol. The maximum atomic E-state index is 5.17. The van der Waals surface area contributed by atoms with E-state index in [1.54, 1.807) is 0 Å². The first-order valence-electron chi connectivity index (χ1n) is 5.94. The number of ether oxygens (including phenoxy) is 1. The molecule has 0 amide bonds. The summed E-state index contributed by atoms with van der Waals surface area (Å²) in [5, 5.41) is 0. The van der Waals surface area contributed by atoms with Crippen LogP contribution in [0.4, 0.5) is 0 Å². The molecule has 0 aromatic carbocycles. The van der Waals surface area contributed by atoms with E-state index in [4.69, 9.17) is 4.74 Å². The van der Waals surface area contributed by atoms with Crippen LogP contribution in [0.25, 0.3) is 0 Å². The van der Waals surface area contributed by atoms with Gasteiger partial charge in [0.15, 0.2) is 0 Å². The highest BCUT2D eigenvalue weighted by molar-refractivity contribution is 4.66. The Morgan fingerprint density at radius 1 is 1.23 bits per heavy atom. The van der Waals surface area contributed by atoms with Gasteiger partial charge in [0, 0.05) is 5.92 Å². The maximum absolute atomic E-state index is 5.17. The van der Waals surface area contributed by atoms with E-state index in [2.05, 4.69) is 13.8 Å². The lowest BCUT2D eigenvalue weighted by molar-refractivity contribution is -0.0368. The van der Waals surface area contributed by atoms with E-state index in [1.165, 1.54) is 38.5 Å². The van der Waals surface area contributed by atoms with E-state index >= 15 is 0 Å². The highest BCUT2D eigenvalue weighted by Gasteiger charge is 2.17. The summed E-state index contributed by atoms with van der Waals surface area (Å²) in [5.74, 6) is 1.89. The van der Waals surface area contributed by atoms with Gasteiger partial charge in [-0.1, -0.05) is 46.0 Å². The number of hydrogen-bond acceptors (Lipinski definition) is 1. The van der Waals surface area contributed by atoms with Crippen molar-refractivity contribution in [3.8, 4) is 0 Å². The molecular formula is C12H24O. The fourth-order valence-corrected chi connectivity index (χ4v) is 2.11. The Morgan fingerprint density at radius 3 is 2.46 bits per heavy atom. The molecule has 0 aromatic heterocycles. The zero-order valence-corrected chi connectivity index (χ0v) is 9.22. The lowest BCUT2D eigenvalue weighted by Gasteiger charge is -2.26. The van der Waals surface area contributed by atoms with Crippen molar-refractivity contribution < 1.29 is 4.74 Å². The fraction of sp³-hybridized carbons (Fsp3) is 1.00. The van der Waals surface area contributed by atoms with Crippen molar-refractivity contribution in [3.05, 3.63) is 0 Å². The van der Waals surface area contributed by atoms with Crippen molar-refractivity contribution in [1.82, 2.24) is 0 Å². The van der Waals surface area contributed by atoms with Gasteiger partial charge in [0.2, 0.25) is 0 Å². The Kier molecular flexibility index (Phi) is 5.45. The molecule has 1 rings (SSSR count). The van der Waals surface area contributed by atoms with Crippen LogP contribution in [-0.4, -0.2) is 13.2 Å². The van der Waals surface area contributed by atoms with Gasteiger partial charge in [0.05, 0.1) is 13.2 Å². The van der Waals surface area contributed by atoms with Crippen LogP contribution in [0.15, 0.2) is 0 Å². The second-order valence-corrected chi connectivity index (χ2v) is 4.40. The minimum absolute atomic E-state index is 0.902. The van der Waals surface area contributed by atoms with Crippen molar-refractivity contribution in [2.45, 2.75) is 52.4 Å². The molecule has 0 spiro atoms. The van der Waals surface area contributed by atoms with Crippen LogP contribution in [0.1, 0.15) is 52.4 Å². The molecule has 1 fully saturated rings. The smallest absolute Gasteiger partial charge is 0.0516 e. The van der Waals surface area contributed by atoms with Gasteiger partial charge in [-0.25, -0.2) is 0 Å². The Morgan fingerprint density at radius 2 is 2.00 bits per heavy atom. The second-order valence-electron chi connectivity index (χ2n) is 4.40. The lowest BCUT2D eigenvalue weighted by atomic mass is 9.91. The van der Waals surface area contributed by atoms with Gasteiger partial charge in [0.1, 0.15) is 0 Å². The van der Waals surface area contributed by atoms with E-state index in [1.807, 2.05) is 0 Å². The normalized spacial score (nSPS) is 19.8. The molecule has 0 saturated carbocycles. The summed E-state index contributed by atoms with van der Waals surface area (Å²) in [5.41, 5.74) is 0. The third-order valence-corrected chi connectivity index (χ3v) is 3.21. The summed E-state index contributed by atoms with van der Waals surface area (Å²) < 4.78 is 5.17. The number of rotatable bonds is 7. The van der Waals surface area contributed by atoms with E-state index < -0.39 is 0 Å². The van der Waals surface area contributed by atoms with E-state index in [9.17, 15) is 0 Å². The fourth-order valence-electron chi connectivity index (χ4n) is 2.11. The third-order valence-electron chi connectivity index (χ3n) is 3.21. The molecule has 1 aliphatic heterocycles. The van der Waals surface area contributed by atoms with Crippen molar-refractivity contribution in [2.75, 3.05) is 13.2 Å². The molecule has 1 heterocycles. The molecule has 13 heavy (non-hydrogen) atoms. The molecule has 1 atom stereocenters. The summed E-state index contributed by atoms with van der Waals surface area (Å²) in [6.07, 6.45) is 8.42. The molecule has 1 heteroatoms. The van der Waals surface area contributed by atoms with Crippen LogP contribution in [0.5, 0.6) is 0 Å². The molecule has 0 bridgehead atoms. The summed E-state index contributed by atoms with van der Waals surface area (Å²) in [4.78, 5) is 0. The Hall–Kier alpha value is -0.0400. The molecule has 0 radical (unpaired) electrons. The van der Waals surface area contributed by atoms with Crippen LogP contribution in [0.2, 0.25) is 0 Å². The molecule has 1 saturated heterocycles. The third kappa shape index (κ3) is 4.12. The average Bonchev–Trinajstić information content (AvgIpc) is 2.07. The summed E-state index contributed by atoms with van der Waals surface area (Å²) >= 11 is 0. The zero-order chi connectivity index (χ0) is 9.52. The van der Waals surface area contributed by atoms with Crippen molar-refractivity contribution in [2.24, 2.45) is 11.8 Å². The first kappa shape index (κ1) is 11.0. The van der Waals surface area contributed by atoms with Crippen LogP contribution in [0, 0.1) is 11.8 Å². The topological polar surface area (TPSA) is 9.23 Å². The summed E-state index contributed by atoms with van der Waals surface area (Å²) in [7, 11) is 0. The van der Waals surface area contributed by atoms with E-state index in [-0.39, 0.29) is 0 Å². The van der Waals surface area contributed by atoms with Crippen LogP contribution >= 0.6 is 0 Å². The first-order chi connectivity index (χ1) is 6.36. The van der Waals surface area contributed by atoms with Gasteiger partial charge in [-0.15, -0.1) is 0 Å². The van der Waals surface area contributed by atoms with Crippen LogP contribution in [-0.2, 0) is 4.74 Å².